The minimum Gasteiger partial charge on any atom is -0.388 e. The van der Waals surface area contributed by atoms with Crippen molar-refractivity contribution in [2.24, 2.45) is 0 Å². The molecule has 1 aromatic rings. The molecule has 1 saturated heterocycles. The van der Waals surface area contributed by atoms with E-state index in [-0.39, 0.29) is 11.7 Å². The first-order valence-electron chi connectivity index (χ1n) is 6.54. The predicted molar refractivity (Wildman–Crippen MR) is 76.5 cm³/mol. The number of hydrogen-bond donors (Lipinski definition) is 2. The first-order valence-corrected chi connectivity index (χ1v) is 6.92. The van der Waals surface area contributed by atoms with E-state index in [9.17, 15) is 14.3 Å². The summed E-state index contributed by atoms with van der Waals surface area (Å²) in [6.45, 7) is 3.88. The highest BCUT2D eigenvalue weighted by atomic mass is 35.5. The Morgan fingerprint density at radius 1 is 1.55 bits per heavy atom. The summed E-state index contributed by atoms with van der Waals surface area (Å²) in [5.74, 6) is -0.540. The lowest BCUT2D eigenvalue weighted by Gasteiger charge is -2.33. The van der Waals surface area contributed by atoms with E-state index in [4.69, 9.17) is 11.6 Å². The van der Waals surface area contributed by atoms with Gasteiger partial charge in [0.25, 0.3) is 0 Å². The Labute approximate surface area is 122 Å². The maximum atomic E-state index is 13.6. The Kier molecular flexibility index (Phi) is 4.20. The fourth-order valence-corrected chi connectivity index (χ4v) is 2.70. The molecule has 1 heterocycles. The summed E-state index contributed by atoms with van der Waals surface area (Å²) in [4.78, 5) is 13.8. The largest absolute Gasteiger partial charge is 0.388 e. The molecule has 110 valence electrons. The smallest absolute Gasteiger partial charge is 0.322 e. The number of aliphatic hydroxyl groups is 1. The van der Waals surface area contributed by atoms with Crippen LogP contribution in [-0.2, 0) is 0 Å². The SMILES string of the molecule is CC(C)(O)C1CCCN1C(=O)Nc1cc(Cl)ccc1F. The third-order valence-corrected chi connectivity index (χ3v) is 3.73. The molecule has 0 aliphatic carbocycles. The molecule has 2 N–H and O–H groups in total. The number of nitrogens with zero attached hydrogens (tertiary/aromatic N) is 1. The van der Waals surface area contributed by atoms with Crippen LogP contribution in [0.5, 0.6) is 0 Å². The maximum absolute atomic E-state index is 13.6. The number of urea groups is 1. The van der Waals surface area contributed by atoms with Gasteiger partial charge in [-0.2, -0.15) is 0 Å². The highest BCUT2D eigenvalue weighted by molar-refractivity contribution is 6.30. The number of carbonyl (C=O) groups excluding carboxylic acids is 1. The van der Waals surface area contributed by atoms with Crippen LogP contribution in [0.4, 0.5) is 14.9 Å². The van der Waals surface area contributed by atoms with Crippen LogP contribution in [0.25, 0.3) is 0 Å². The molecule has 1 aliphatic heterocycles. The van der Waals surface area contributed by atoms with Gasteiger partial charge in [-0.3, -0.25) is 0 Å². The van der Waals surface area contributed by atoms with Crippen molar-refractivity contribution in [3.8, 4) is 0 Å². The zero-order valence-electron chi connectivity index (χ0n) is 11.5. The number of benzene rings is 1. The lowest BCUT2D eigenvalue weighted by Crippen LogP contribution is -2.49. The van der Waals surface area contributed by atoms with E-state index in [1.54, 1.807) is 18.7 Å². The maximum Gasteiger partial charge on any atom is 0.322 e. The quantitative estimate of drug-likeness (QED) is 0.881. The third-order valence-electron chi connectivity index (χ3n) is 3.50. The number of likely N-dealkylation sites (tertiary alicyclic amines) is 1. The molecule has 2 rings (SSSR count). The number of amides is 2. The van der Waals surface area contributed by atoms with Crippen LogP contribution in [-0.4, -0.2) is 34.2 Å². The molecule has 0 spiro atoms. The zero-order valence-corrected chi connectivity index (χ0v) is 12.2. The van der Waals surface area contributed by atoms with E-state index in [0.717, 1.165) is 12.8 Å². The van der Waals surface area contributed by atoms with Gasteiger partial charge in [0.1, 0.15) is 5.82 Å². The van der Waals surface area contributed by atoms with Gasteiger partial charge in [0.15, 0.2) is 0 Å². The van der Waals surface area contributed by atoms with E-state index >= 15 is 0 Å². The van der Waals surface area contributed by atoms with Gasteiger partial charge in [-0.25, -0.2) is 9.18 Å². The van der Waals surface area contributed by atoms with Crippen LogP contribution < -0.4 is 5.32 Å². The van der Waals surface area contributed by atoms with Crippen LogP contribution in [0.15, 0.2) is 18.2 Å². The number of rotatable bonds is 2. The minimum absolute atomic E-state index is 0.0453. The van der Waals surface area contributed by atoms with Crippen LogP contribution >= 0.6 is 11.6 Å². The monoisotopic (exact) mass is 300 g/mol. The second-order valence-electron chi connectivity index (χ2n) is 5.56. The second-order valence-corrected chi connectivity index (χ2v) is 6.00. The molecule has 2 amide bonds. The van der Waals surface area contributed by atoms with Gasteiger partial charge in [-0.15, -0.1) is 0 Å². The molecule has 20 heavy (non-hydrogen) atoms. The molecule has 4 nitrogen and oxygen atoms in total. The summed E-state index contributed by atoms with van der Waals surface area (Å²) in [6.07, 6.45) is 1.55. The molecule has 0 bridgehead atoms. The van der Waals surface area contributed by atoms with Crippen molar-refractivity contribution >= 4 is 23.3 Å². The van der Waals surface area contributed by atoms with Crippen molar-refractivity contribution in [1.29, 1.82) is 0 Å². The van der Waals surface area contributed by atoms with Crippen LogP contribution in [0, 0.1) is 5.82 Å². The normalized spacial score (nSPS) is 19.2. The van der Waals surface area contributed by atoms with E-state index in [1.807, 2.05) is 0 Å². The van der Waals surface area contributed by atoms with Gasteiger partial charge < -0.3 is 15.3 Å². The number of hydrogen-bond acceptors (Lipinski definition) is 2. The van der Waals surface area contributed by atoms with Crippen LogP contribution in [0.3, 0.4) is 0 Å². The fourth-order valence-electron chi connectivity index (χ4n) is 2.52. The second kappa shape index (κ2) is 5.58. The first-order chi connectivity index (χ1) is 9.29. The summed E-state index contributed by atoms with van der Waals surface area (Å²) in [5, 5.41) is 12.9. The Morgan fingerprint density at radius 3 is 2.90 bits per heavy atom. The number of anilines is 1. The molecule has 1 aliphatic rings. The van der Waals surface area contributed by atoms with Crippen molar-refractivity contribution < 1.29 is 14.3 Å². The Hall–Kier alpha value is -1.33. The van der Waals surface area contributed by atoms with E-state index in [2.05, 4.69) is 5.32 Å². The highest BCUT2D eigenvalue weighted by Gasteiger charge is 2.38. The molecule has 0 radical (unpaired) electrons. The molecule has 6 heteroatoms. The summed E-state index contributed by atoms with van der Waals surface area (Å²) >= 11 is 5.79. The molecule has 1 unspecified atom stereocenters. The van der Waals surface area contributed by atoms with Crippen molar-refractivity contribution in [2.75, 3.05) is 11.9 Å². The standard InChI is InChI=1S/C14H18ClFN2O2/c1-14(2,20)12-4-3-7-18(12)13(19)17-11-8-9(15)5-6-10(11)16/h5-6,8,12,20H,3-4,7H2,1-2H3,(H,17,19). The molecule has 0 aromatic heterocycles. The van der Waals surface area contributed by atoms with Crippen molar-refractivity contribution in [3.63, 3.8) is 0 Å². The predicted octanol–water partition coefficient (Wildman–Crippen LogP) is 3.25. The molecular weight excluding hydrogens is 283 g/mol. The molecule has 1 aromatic carbocycles. The minimum atomic E-state index is -0.985. The number of nitrogens with one attached hydrogen (secondary N) is 1. The van der Waals surface area contributed by atoms with Crippen molar-refractivity contribution in [3.05, 3.63) is 29.0 Å². The number of halogens is 2. The van der Waals surface area contributed by atoms with Crippen LogP contribution in [0.1, 0.15) is 26.7 Å². The fraction of sp³-hybridized carbons (Fsp3) is 0.500. The van der Waals surface area contributed by atoms with Gasteiger partial charge in [0.05, 0.1) is 17.3 Å². The Morgan fingerprint density at radius 2 is 2.25 bits per heavy atom. The Bertz CT molecular complexity index is 516. The van der Waals surface area contributed by atoms with Gasteiger partial charge in [-0.1, -0.05) is 11.6 Å². The lowest BCUT2D eigenvalue weighted by molar-refractivity contribution is 0.0117. The molecule has 1 fully saturated rings. The topological polar surface area (TPSA) is 52.6 Å². The Balaban J connectivity index is 2.14. The van der Waals surface area contributed by atoms with E-state index in [1.165, 1.54) is 18.2 Å². The first kappa shape index (κ1) is 15.1. The van der Waals surface area contributed by atoms with Gasteiger partial charge in [0, 0.05) is 11.6 Å². The zero-order chi connectivity index (χ0) is 14.9. The summed E-state index contributed by atoms with van der Waals surface area (Å²) in [5.41, 5.74) is -0.940. The average Bonchev–Trinajstić information content (AvgIpc) is 2.82. The van der Waals surface area contributed by atoms with E-state index < -0.39 is 17.4 Å². The van der Waals surface area contributed by atoms with Gasteiger partial charge in [-0.05, 0) is 44.9 Å². The van der Waals surface area contributed by atoms with Crippen molar-refractivity contribution in [2.45, 2.75) is 38.3 Å². The molecular formula is C14H18ClFN2O2. The average molecular weight is 301 g/mol. The molecule has 1 atom stereocenters. The van der Waals surface area contributed by atoms with Crippen molar-refractivity contribution in [1.82, 2.24) is 4.90 Å². The number of carbonyl (C=O) groups is 1. The summed E-state index contributed by atoms with van der Waals surface area (Å²) < 4.78 is 13.6. The summed E-state index contributed by atoms with van der Waals surface area (Å²) in [7, 11) is 0. The summed E-state index contributed by atoms with van der Waals surface area (Å²) in [6, 6.07) is 3.29. The van der Waals surface area contributed by atoms with Crippen LogP contribution in [0.2, 0.25) is 5.02 Å². The third kappa shape index (κ3) is 3.22. The van der Waals surface area contributed by atoms with Gasteiger partial charge >= 0.3 is 6.03 Å². The van der Waals surface area contributed by atoms with E-state index in [0.29, 0.717) is 11.6 Å². The molecule has 0 saturated carbocycles. The highest BCUT2D eigenvalue weighted by Crippen LogP contribution is 2.28. The van der Waals surface area contributed by atoms with Gasteiger partial charge in [0.2, 0.25) is 0 Å². The lowest BCUT2D eigenvalue weighted by atomic mass is 9.97.